The lowest BCUT2D eigenvalue weighted by molar-refractivity contribution is -0.113. The lowest BCUT2D eigenvalue weighted by atomic mass is 10.1. The van der Waals surface area contributed by atoms with Gasteiger partial charge in [-0.05, 0) is 12.5 Å². The summed E-state index contributed by atoms with van der Waals surface area (Å²) < 4.78 is 9.50. The monoisotopic (exact) mass is 473 g/mol. The fraction of sp³-hybridized carbons (Fsp3) is 0.190. The average molecular weight is 474 g/mol. The lowest BCUT2D eigenvalue weighted by Gasteiger charge is -2.07. The van der Waals surface area contributed by atoms with Gasteiger partial charge in [-0.15, -0.1) is 11.3 Å². The minimum absolute atomic E-state index is 0.0910. The molecule has 0 bridgehead atoms. The molecular formula is C21H19N3O6S2. The minimum Gasteiger partial charge on any atom is -0.465 e. The van der Waals surface area contributed by atoms with Crippen LogP contribution < -0.4 is 10.9 Å². The molecule has 0 aliphatic heterocycles. The fourth-order valence-electron chi connectivity index (χ4n) is 2.79. The number of anilines is 1. The van der Waals surface area contributed by atoms with Crippen LogP contribution in [0.3, 0.4) is 0 Å². The van der Waals surface area contributed by atoms with E-state index >= 15 is 0 Å². The summed E-state index contributed by atoms with van der Waals surface area (Å²) in [5, 5.41) is 3.08. The third-order valence-electron chi connectivity index (χ3n) is 4.29. The first-order valence-corrected chi connectivity index (χ1v) is 11.0. The van der Waals surface area contributed by atoms with Crippen LogP contribution in [0, 0.1) is 6.92 Å². The minimum atomic E-state index is -0.682. The molecule has 0 saturated carbocycles. The smallest absolute Gasteiger partial charge is 0.348 e. The standard InChI is InChI=1S/C21H19N3O6S2/c1-11-16(19(27)29-2)18(32-17(11)20(28)30-3)23-15(26)10-31-21-22-13(9-14(25)24-21)12-7-5-4-6-8-12/h4-9H,10H2,1-3H3,(H,23,26)(H,22,24,25). The second-order valence-electron chi connectivity index (χ2n) is 6.38. The van der Waals surface area contributed by atoms with Gasteiger partial charge in [0.05, 0.1) is 31.2 Å². The number of nitrogens with zero attached hydrogens (tertiary/aromatic N) is 1. The third kappa shape index (κ3) is 5.24. The van der Waals surface area contributed by atoms with E-state index in [1.54, 1.807) is 6.92 Å². The van der Waals surface area contributed by atoms with E-state index < -0.39 is 17.8 Å². The van der Waals surface area contributed by atoms with Crippen LogP contribution in [0.15, 0.2) is 46.3 Å². The molecule has 0 spiro atoms. The third-order valence-corrected chi connectivity index (χ3v) is 6.35. The van der Waals surface area contributed by atoms with E-state index in [0.717, 1.165) is 28.7 Å². The Balaban J connectivity index is 1.77. The summed E-state index contributed by atoms with van der Waals surface area (Å²) in [7, 11) is 2.44. The SMILES string of the molecule is COC(=O)c1sc(NC(=O)CSc2nc(-c3ccccc3)cc(=O)[nH]2)c(C(=O)OC)c1C. The largest absolute Gasteiger partial charge is 0.465 e. The van der Waals surface area contributed by atoms with Gasteiger partial charge >= 0.3 is 11.9 Å². The van der Waals surface area contributed by atoms with Crippen molar-refractivity contribution in [2.24, 2.45) is 0 Å². The van der Waals surface area contributed by atoms with Crippen LogP contribution in [0.25, 0.3) is 11.3 Å². The van der Waals surface area contributed by atoms with E-state index in [0.29, 0.717) is 11.3 Å². The molecule has 0 aliphatic rings. The molecule has 2 aromatic heterocycles. The van der Waals surface area contributed by atoms with Crippen LogP contribution in [-0.4, -0.2) is 47.8 Å². The van der Waals surface area contributed by atoms with E-state index in [-0.39, 0.29) is 31.9 Å². The van der Waals surface area contributed by atoms with Gasteiger partial charge in [-0.1, -0.05) is 42.1 Å². The Hall–Kier alpha value is -3.44. The predicted molar refractivity (Wildman–Crippen MR) is 121 cm³/mol. The molecule has 0 atom stereocenters. The summed E-state index contributed by atoms with van der Waals surface area (Å²) in [5.74, 6) is -1.84. The van der Waals surface area contributed by atoms with Crippen molar-refractivity contribution in [3.8, 4) is 11.3 Å². The van der Waals surface area contributed by atoms with E-state index in [4.69, 9.17) is 9.47 Å². The number of carbonyl (C=O) groups excluding carboxylic acids is 3. The van der Waals surface area contributed by atoms with Gasteiger partial charge in [0.1, 0.15) is 9.88 Å². The summed E-state index contributed by atoms with van der Waals surface area (Å²) in [6.07, 6.45) is 0. The molecule has 3 aromatic rings. The number of rotatable bonds is 7. The lowest BCUT2D eigenvalue weighted by Crippen LogP contribution is -2.17. The first kappa shape index (κ1) is 23.2. The van der Waals surface area contributed by atoms with E-state index in [2.05, 4.69) is 15.3 Å². The number of ether oxygens (including phenoxy) is 2. The van der Waals surface area contributed by atoms with Crippen molar-refractivity contribution in [2.75, 3.05) is 25.3 Å². The molecule has 166 valence electrons. The Morgan fingerprint density at radius 3 is 2.47 bits per heavy atom. The van der Waals surface area contributed by atoms with Crippen LogP contribution in [0.4, 0.5) is 5.00 Å². The van der Waals surface area contributed by atoms with Gasteiger partial charge in [0.15, 0.2) is 5.16 Å². The molecule has 1 amide bonds. The topological polar surface area (TPSA) is 127 Å². The Labute approximate surface area is 191 Å². The maximum Gasteiger partial charge on any atom is 0.348 e. The van der Waals surface area contributed by atoms with Gasteiger partial charge in [0.2, 0.25) is 5.91 Å². The molecular weight excluding hydrogens is 454 g/mol. The predicted octanol–water partition coefficient (Wildman–Crippen LogP) is 3.11. The number of esters is 2. The highest BCUT2D eigenvalue weighted by molar-refractivity contribution is 7.99. The van der Waals surface area contributed by atoms with Crippen molar-refractivity contribution in [3.05, 3.63) is 62.8 Å². The second kappa shape index (κ2) is 10.2. The number of aromatic nitrogens is 2. The molecule has 32 heavy (non-hydrogen) atoms. The summed E-state index contributed by atoms with van der Waals surface area (Å²) in [6, 6.07) is 10.6. The zero-order valence-corrected chi connectivity index (χ0v) is 19.0. The number of methoxy groups -OCH3 is 2. The molecule has 0 aliphatic carbocycles. The fourth-order valence-corrected chi connectivity index (χ4v) is 4.60. The van der Waals surface area contributed by atoms with Crippen LogP contribution in [0.2, 0.25) is 0 Å². The Bertz CT molecular complexity index is 1220. The first-order valence-electron chi connectivity index (χ1n) is 9.23. The molecule has 0 saturated heterocycles. The Kier molecular flexibility index (Phi) is 7.44. The normalized spacial score (nSPS) is 10.5. The summed E-state index contributed by atoms with van der Waals surface area (Å²) in [4.78, 5) is 55.9. The zero-order chi connectivity index (χ0) is 23.3. The number of nitrogens with one attached hydrogen (secondary N) is 2. The van der Waals surface area contributed by atoms with E-state index in [1.807, 2.05) is 30.3 Å². The second-order valence-corrected chi connectivity index (χ2v) is 8.37. The molecule has 0 fully saturated rings. The van der Waals surface area contributed by atoms with Crippen LogP contribution >= 0.6 is 23.1 Å². The van der Waals surface area contributed by atoms with Crippen molar-refractivity contribution in [1.29, 1.82) is 0 Å². The van der Waals surface area contributed by atoms with E-state index in [9.17, 15) is 19.2 Å². The van der Waals surface area contributed by atoms with Crippen LogP contribution in [-0.2, 0) is 14.3 Å². The number of thiophene rings is 1. The maximum atomic E-state index is 12.5. The van der Waals surface area contributed by atoms with Crippen molar-refractivity contribution in [3.63, 3.8) is 0 Å². The number of carbonyl (C=O) groups is 3. The van der Waals surface area contributed by atoms with E-state index in [1.165, 1.54) is 20.3 Å². The molecule has 0 radical (unpaired) electrons. The molecule has 0 unspecified atom stereocenters. The van der Waals surface area contributed by atoms with Gasteiger partial charge in [-0.2, -0.15) is 0 Å². The average Bonchev–Trinajstić information content (AvgIpc) is 3.12. The number of benzene rings is 1. The van der Waals surface area contributed by atoms with Crippen LogP contribution in [0.5, 0.6) is 0 Å². The number of aromatic amines is 1. The quantitative estimate of drug-likeness (QED) is 0.304. The van der Waals surface area contributed by atoms with Crippen molar-refractivity contribution in [2.45, 2.75) is 12.1 Å². The molecule has 1 aromatic carbocycles. The number of hydrogen-bond donors (Lipinski definition) is 2. The van der Waals surface area contributed by atoms with Crippen LogP contribution in [0.1, 0.15) is 25.6 Å². The van der Waals surface area contributed by atoms with Gasteiger partial charge in [0.25, 0.3) is 5.56 Å². The van der Waals surface area contributed by atoms with Gasteiger partial charge in [0, 0.05) is 11.6 Å². The summed E-state index contributed by atoms with van der Waals surface area (Å²) in [6.45, 7) is 1.57. The summed E-state index contributed by atoms with van der Waals surface area (Å²) in [5.41, 5.74) is 1.37. The highest BCUT2D eigenvalue weighted by atomic mass is 32.2. The zero-order valence-electron chi connectivity index (χ0n) is 17.4. The van der Waals surface area contributed by atoms with Gasteiger partial charge in [-0.3, -0.25) is 9.59 Å². The van der Waals surface area contributed by atoms with Crippen molar-refractivity contribution in [1.82, 2.24) is 9.97 Å². The molecule has 11 heteroatoms. The highest BCUT2D eigenvalue weighted by Gasteiger charge is 2.26. The number of thioether (sulfide) groups is 1. The number of H-pyrrole nitrogens is 1. The molecule has 9 nitrogen and oxygen atoms in total. The first-order chi connectivity index (χ1) is 15.3. The van der Waals surface area contributed by atoms with Gasteiger partial charge < -0.3 is 19.8 Å². The summed E-state index contributed by atoms with van der Waals surface area (Å²) >= 11 is 1.96. The van der Waals surface area contributed by atoms with Crippen molar-refractivity contribution >= 4 is 45.9 Å². The maximum absolute atomic E-state index is 12.5. The highest BCUT2D eigenvalue weighted by Crippen LogP contribution is 2.34. The number of hydrogen-bond acceptors (Lipinski definition) is 9. The number of amides is 1. The molecule has 2 N–H and O–H groups in total. The van der Waals surface area contributed by atoms with Gasteiger partial charge in [-0.25, -0.2) is 14.6 Å². The Morgan fingerprint density at radius 2 is 1.81 bits per heavy atom. The Morgan fingerprint density at radius 1 is 1.12 bits per heavy atom. The molecule has 3 rings (SSSR count). The molecule has 2 heterocycles. The van der Waals surface area contributed by atoms with Crippen molar-refractivity contribution < 1.29 is 23.9 Å².